The predicted octanol–water partition coefficient (Wildman–Crippen LogP) is 1.82. The van der Waals surface area contributed by atoms with Gasteiger partial charge in [-0.15, -0.1) is 0 Å². The third-order valence-electron chi connectivity index (χ3n) is 2.15. The maximum Gasteiger partial charge on any atom is 0.127 e. The average molecular weight is 247 g/mol. The molecular weight excluding hydrogens is 232 g/mol. The van der Waals surface area contributed by atoms with Gasteiger partial charge in [-0.05, 0) is 18.2 Å². The lowest BCUT2D eigenvalue weighted by atomic mass is 10.2. The van der Waals surface area contributed by atoms with Crippen molar-refractivity contribution in [1.29, 1.82) is 0 Å². The Morgan fingerprint density at radius 3 is 2.81 bits per heavy atom. The average Bonchev–Trinajstić information content (AvgIpc) is 2.28. The molecule has 1 rings (SSSR count). The van der Waals surface area contributed by atoms with Gasteiger partial charge in [0.15, 0.2) is 0 Å². The van der Waals surface area contributed by atoms with Crippen LogP contribution >= 0.6 is 0 Å². The van der Waals surface area contributed by atoms with Gasteiger partial charge in [-0.2, -0.15) is 0 Å². The second-order valence-electron chi connectivity index (χ2n) is 3.35. The van der Waals surface area contributed by atoms with Crippen molar-refractivity contribution in [2.45, 2.75) is 13.5 Å². The first-order valence-electron chi connectivity index (χ1n) is 5.13. The molecule has 0 aliphatic heterocycles. The zero-order valence-corrected chi connectivity index (χ0v) is 9.95. The van der Waals surface area contributed by atoms with Gasteiger partial charge in [-0.3, -0.25) is 4.21 Å². The van der Waals surface area contributed by atoms with E-state index in [1.807, 2.05) is 6.92 Å². The normalized spacial score (nSPS) is 12.7. The highest BCUT2D eigenvalue weighted by Gasteiger charge is 2.03. The van der Waals surface area contributed by atoms with E-state index in [4.69, 9.17) is 0 Å². The van der Waals surface area contributed by atoms with E-state index < -0.39 is 22.4 Å². The van der Waals surface area contributed by atoms with Crippen LogP contribution in [0.3, 0.4) is 0 Å². The highest BCUT2D eigenvalue weighted by atomic mass is 32.2. The maximum atomic E-state index is 13.2. The van der Waals surface area contributed by atoms with Crippen molar-refractivity contribution in [3.05, 3.63) is 35.4 Å². The van der Waals surface area contributed by atoms with Gasteiger partial charge in [-0.25, -0.2) is 8.78 Å². The SMILES string of the molecule is CCS(=O)CCNCc1cc(F)ccc1F. The van der Waals surface area contributed by atoms with Crippen molar-refractivity contribution in [3.8, 4) is 0 Å². The van der Waals surface area contributed by atoms with Crippen LogP contribution in [0.2, 0.25) is 0 Å². The third-order valence-corrected chi connectivity index (χ3v) is 3.46. The molecule has 0 amide bonds. The number of benzene rings is 1. The Labute approximate surface area is 96.5 Å². The van der Waals surface area contributed by atoms with Gasteiger partial charge in [0.1, 0.15) is 11.6 Å². The van der Waals surface area contributed by atoms with E-state index >= 15 is 0 Å². The van der Waals surface area contributed by atoms with Gasteiger partial charge >= 0.3 is 0 Å². The minimum absolute atomic E-state index is 0.254. The van der Waals surface area contributed by atoms with E-state index in [-0.39, 0.29) is 6.54 Å². The number of hydrogen-bond acceptors (Lipinski definition) is 2. The molecule has 0 spiro atoms. The summed E-state index contributed by atoms with van der Waals surface area (Å²) in [4.78, 5) is 0. The van der Waals surface area contributed by atoms with Crippen molar-refractivity contribution in [1.82, 2.24) is 5.32 Å². The zero-order valence-electron chi connectivity index (χ0n) is 9.13. The van der Waals surface area contributed by atoms with Gasteiger partial charge in [-0.1, -0.05) is 6.92 Å². The van der Waals surface area contributed by atoms with E-state index in [1.54, 1.807) is 0 Å². The number of halogens is 2. The van der Waals surface area contributed by atoms with Crippen LogP contribution in [0, 0.1) is 11.6 Å². The van der Waals surface area contributed by atoms with Gasteiger partial charge in [0.2, 0.25) is 0 Å². The van der Waals surface area contributed by atoms with Crippen LogP contribution in [0.4, 0.5) is 8.78 Å². The quantitative estimate of drug-likeness (QED) is 0.777. The molecule has 0 aliphatic carbocycles. The lowest BCUT2D eigenvalue weighted by molar-refractivity contribution is 0.572. The van der Waals surface area contributed by atoms with Crippen molar-refractivity contribution in [2.24, 2.45) is 0 Å². The van der Waals surface area contributed by atoms with E-state index in [2.05, 4.69) is 5.32 Å². The minimum Gasteiger partial charge on any atom is -0.312 e. The Balaban J connectivity index is 2.37. The summed E-state index contributed by atoms with van der Waals surface area (Å²) in [6.45, 7) is 2.64. The summed E-state index contributed by atoms with van der Waals surface area (Å²) in [6.07, 6.45) is 0. The van der Waals surface area contributed by atoms with Crippen LogP contribution in [0.1, 0.15) is 12.5 Å². The molecule has 0 saturated carbocycles. The molecule has 0 saturated heterocycles. The van der Waals surface area contributed by atoms with E-state index in [0.717, 1.165) is 12.1 Å². The van der Waals surface area contributed by atoms with E-state index in [9.17, 15) is 13.0 Å². The van der Waals surface area contributed by atoms with Gasteiger partial charge in [0, 0.05) is 41.0 Å². The third kappa shape index (κ3) is 4.37. The largest absolute Gasteiger partial charge is 0.312 e. The van der Waals surface area contributed by atoms with E-state index in [1.165, 1.54) is 6.07 Å². The molecular formula is C11H15F2NOS. The van der Waals surface area contributed by atoms with E-state index in [0.29, 0.717) is 23.6 Å². The van der Waals surface area contributed by atoms with Crippen LogP contribution < -0.4 is 5.32 Å². The minimum atomic E-state index is -0.825. The first-order valence-corrected chi connectivity index (χ1v) is 6.62. The Morgan fingerprint density at radius 1 is 1.38 bits per heavy atom. The van der Waals surface area contributed by atoms with Crippen LogP contribution in [0.15, 0.2) is 18.2 Å². The monoisotopic (exact) mass is 247 g/mol. The predicted molar refractivity (Wildman–Crippen MR) is 61.6 cm³/mol. The van der Waals surface area contributed by atoms with Crippen LogP contribution in [-0.4, -0.2) is 22.3 Å². The topological polar surface area (TPSA) is 29.1 Å². The van der Waals surface area contributed by atoms with Gasteiger partial charge in [0.25, 0.3) is 0 Å². The summed E-state index contributed by atoms with van der Waals surface area (Å²) in [7, 11) is -0.825. The Bertz CT molecular complexity index is 371. The molecule has 1 aromatic carbocycles. The molecule has 16 heavy (non-hydrogen) atoms. The second kappa shape index (κ2) is 6.70. The fraction of sp³-hybridized carbons (Fsp3) is 0.455. The molecule has 0 radical (unpaired) electrons. The lowest BCUT2D eigenvalue weighted by Gasteiger charge is -2.05. The first kappa shape index (κ1) is 13.3. The molecule has 0 fully saturated rings. The highest BCUT2D eigenvalue weighted by molar-refractivity contribution is 7.84. The molecule has 0 aliphatic rings. The smallest absolute Gasteiger partial charge is 0.127 e. The first-order chi connectivity index (χ1) is 7.63. The van der Waals surface area contributed by atoms with Crippen molar-refractivity contribution in [3.63, 3.8) is 0 Å². The standard InChI is InChI=1S/C11H15F2NOS/c1-2-16(15)6-5-14-8-9-7-10(12)3-4-11(9)13/h3-4,7,14H,2,5-6,8H2,1H3. The van der Waals surface area contributed by atoms with Crippen molar-refractivity contribution < 1.29 is 13.0 Å². The summed E-state index contributed by atoms with van der Waals surface area (Å²) in [6, 6.07) is 3.36. The number of nitrogens with one attached hydrogen (secondary N) is 1. The van der Waals surface area contributed by atoms with Crippen molar-refractivity contribution in [2.75, 3.05) is 18.1 Å². The maximum absolute atomic E-state index is 13.2. The molecule has 5 heteroatoms. The Hall–Kier alpha value is -0.810. The van der Waals surface area contributed by atoms with Gasteiger partial charge < -0.3 is 5.32 Å². The summed E-state index contributed by atoms with van der Waals surface area (Å²) in [5.41, 5.74) is 0.294. The molecule has 1 aromatic rings. The molecule has 0 heterocycles. The molecule has 1 atom stereocenters. The van der Waals surface area contributed by atoms with Crippen LogP contribution in [-0.2, 0) is 17.3 Å². The Kier molecular flexibility index (Phi) is 5.55. The molecule has 1 unspecified atom stereocenters. The van der Waals surface area contributed by atoms with Crippen LogP contribution in [0.25, 0.3) is 0 Å². The molecule has 2 nitrogen and oxygen atoms in total. The molecule has 90 valence electrons. The van der Waals surface area contributed by atoms with Crippen molar-refractivity contribution >= 4 is 10.8 Å². The summed E-state index contributed by atoms with van der Waals surface area (Å²) >= 11 is 0. The summed E-state index contributed by atoms with van der Waals surface area (Å²) in [5.74, 6) is 0.282. The zero-order chi connectivity index (χ0) is 12.0. The fourth-order valence-electron chi connectivity index (χ4n) is 1.23. The number of rotatable bonds is 6. The molecule has 0 aromatic heterocycles. The lowest BCUT2D eigenvalue weighted by Crippen LogP contribution is -2.21. The highest BCUT2D eigenvalue weighted by Crippen LogP contribution is 2.08. The Morgan fingerprint density at radius 2 is 2.12 bits per heavy atom. The molecule has 1 N–H and O–H groups in total. The van der Waals surface area contributed by atoms with Crippen LogP contribution in [0.5, 0.6) is 0 Å². The summed E-state index contributed by atoms with van der Waals surface area (Å²) < 4.78 is 37.0. The second-order valence-corrected chi connectivity index (χ2v) is 5.21. The van der Waals surface area contributed by atoms with Gasteiger partial charge in [0.05, 0.1) is 0 Å². The molecule has 0 bridgehead atoms. The fourth-order valence-corrected chi connectivity index (χ4v) is 1.89. The number of hydrogen-bond donors (Lipinski definition) is 1. The summed E-state index contributed by atoms with van der Waals surface area (Å²) in [5, 5.41) is 2.94.